The number of hydrogen-bond acceptors (Lipinski definition) is 5. The van der Waals surface area contributed by atoms with E-state index < -0.39 is 33.5 Å². The van der Waals surface area contributed by atoms with Gasteiger partial charge in [0.25, 0.3) is 0 Å². The van der Waals surface area contributed by atoms with Crippen LogP contribution in [0.4, 0.5) is 4.39 Å². The Kier molecular flexibility index (Phi) is 4.57. The maximum Gasteiger partial charge on any atom is 0.338 e. The van der Waals surface area contributed by atoms with Gasteiger partial charge in [0.1, 0.15) is 5.82 Å². The molecule has 1 aromatic carbocycles. The summed E-state index contributed by atoms with van der Waals surface area (Å²) in [6.07, 6.45) is -0.632. The minimum absolute atomic E-state index is 0.0430. The van der Waals surface area contributed by atoms with Crippen molar-refractivity contribution in [1.82, 2.24) is 4.31 Å². The standard InChI is InChI=1S/C12H14FNO6S/c13-11-2-1-9(5-10(11)12(16)17)21(18,19)14-3-4-20-8(6-14)7-15/h1-2,5,8,15H,3-4,6-7H2,(H,16,17). The molecule has 21 heavy (non-hydrogen) atoms. The molecule has 1 heterocycles. The van der Waals surface area contributed by atoms with Crippen molar-refractivity contribution >= 4 is 16.0 Å². The van der Waals surface area contributed by atoms with Crippen molar-refractivity contribution in [2.45, 2.75) is 11.0 Å². The van der Waals surface area contributed by atoms with Gasteiger partial charge in [-0.3, -0.25) is 0 Å². The zero-order chi connectivity index (χ0) is 15.6. The van der Waals surface area contributed by atoms with Gasteiger partial charge in [-0.25, -0.2) is 17.6 Å². The van der Waals surface area contributed by atoms with Gasteiger partial charge in [0.2, 0.25) is 10.0 Å². The molecule has 0 aromatic heterocycles. The average Bonchev–Trinajstić information content (AvgIpc) is 2.47. The zero-order valence-electron chi connectivity index (χ0n) is 10.9. The molecule has 1 fully saturated rings. The maximum atomic E-state index is 13.3. The van der Waals surface area contributed by atoms with Gasteiger partial charge in [-0.2, -0.15) is 4.31 Å². The van der Waals surface area contributed by atoms with Gasteiger partial charge in [0.15, 0.2) is 0 Å². The molecule has 0 aliphatic carbocycles. The van der Waals surface area contributed by atoms with Crippen LogP contribution in [0.25, 0.3) is 0 Å². The Balaban J connectivity index is 2.35. The first-order chi connectivity index (χ1) is 9.86. The zero-order valence-corrected chi connectivity index (χ0v) is 11.7. The number of halogens is 1. The monoisotopic (exact) mass is 319 g/mol. The summed E-state index contributed by atoms with van der Waals surface area (Å²) in [7, 11) is -3.97. The van der Waals surface area contributed by atoms with E-state index in [9.17, 15) is 17.6 Å². The molecule has 1 aliphatic rings. The fourth-order valence-electron chi connectivity index (χ4n) is 2.00. The number of carboxylic acids is 1. The molecule has 1 aromatic rings. The number of benzene rings is 1. The Morgan fingerprint density at radius 1 is 1.48 bits per heavy atom. The molecule has 0 spiro atoms. The number of aliphatic hydroxyl groups is 1. The van der Waals surface area contributed by atoms with Crippen molar-refractivity contribution in [3.8, 4) is 0 Å². The fraction of sp³-hybridized carbons (Fsp3) is 0.417. The lowest BCUT2D eigenvalue weighted by Gasteiger charge is -2.31. The molecule has 116 valence electrons. The van der Waals surface area contributed by atoms with Gasteiger partial charge < -0.3 is 14.9 Å². The summed E-state index contributed by atoms with van der Waals surface area (Å²) in [4.78, 5) is 10.6. The summed E-state index contributed by atoms with van der Waals surface area (Å²) in [6, 6.07) is 2.61. The normalized spacial score (nSPS) is 20.4. The highest BCUT2D eigenvalue weighted by molar-refractivity contribution is 7.89. The molecule has 2 N–H and O–H groups in total. The molecule has 9 heteroatoms. The first kappa shape index (κ1) is 15.8. The number of nitrogens with zero attached hydrogens (tertiary/aromatic N) is 1. The highest BCUT2D eigenvalue weighted by Crippen LogP contribution is 2.21. The van der Waals surface area contributed by atoms with Crippen LogP contribution in [0.3, 0.4) is 0 Å². The summed E-state index contributed by atoms with van der Waals surface area (Å²) in [5.41, 5.74) is -0.706. The molecule has 7 nitrogen and oxygen atoms in total. The van der Waals surface area contributed by atoms with Gasteiger partial charge in [0, 0.05) is 13.1 Å². The van der Waals surface area contributed by atoms with Crippen molar-refractivity contribution in [3.05, 3.63) is 29.6 Å². The second-order valence-electron chi connectivity index (χ2n) is 4.49. The number of sulfonamides is 1. The highest BCUT2D eigenvalue weighted by Gasteiger charge is 2.31. The van der Waals surface area contributed by atoms with Crippen LogP contribution in [-0.2, 0) is 14.8 Å². The number of carbonyl (C=O) groups is 1. The van der Waals surface area contributed by atoms with Crippen molar-refractivity contribution in [1.29, 1.82) is 0 Å². The molecule has 1 saturated heterocycles. The smallest absolute Gasteiger partial charge is 0.338 e. The van der Waals surface area contributed by atoms with Gasteiger partial charge in [-0.1, -0.05) is 0 Å². The molecule has 0 amide bonds. The van der Waals surface area contributed by atoms with E-state index in [4.69, 9.17) is 14.9 Å². The van der Waals surface area contributed by atoms with E-state index in [0.29, 0.717) is 0 Å². The largest absolute Gasteiger partial charge is 0.478 e. The Morgan fingerprint density at radius 3 is 2.81 bits per heavy atom. The van der Waals surface area contributed by atoms with E-state index in [-0.39, 0.29) is 31.2 Å². The van der Waals surface area contributed by atoms with E-state index in [1.165, 1.54) is 0 Å². The second kappa shape index (κ2) is 6.06. The molecular formula is C12H14FNO6S. The molecule has 1 aliphatic heterocycles. The summed E-state index contributed by atoms with van der Waals surface area (Å²) in [5, 5.41) is 17.9. The Labute approximate surface area is 120 Å². The van der Waals surface area contributed by atoms with E-state index in [1.807, 2.05) is 0 Å². The van der Waals surface area contributed by atoms with E-state index in [0.717, 1.165) is 22.5 Å². The third-order valence-electron chi connectivity index (χ3n) is 3.11. The van der Waals surface area contributed by atoms with Crippen molar-refractivity contribution in [3.63, 3.8) is 0 Å². The summed E-state index contributed by atoms with van der Waals surface area (Å²) < 4.78 is 44.4. The van der Waals surface area contributed by atoms with Crippen LogP contribution < -0.4 is 0 Å². The lowest BCUT2D eigenvalue weighted by atomic mass is 10.2. The lowest BCUT2D eigenvalue weighted by molar-refractivity contribution is -0.0304. The molecule has 1 unspecified atom stereocenters. The first-order valence-corrected chi connectivity index (χ1v) is 7.55. The minimum Gasteiger partial charge on any atom is -0.478 e. The van der Waals surface area contributed by atoms with Crippen LogP contribution in [-0.4, -0.2) is 61.3 Å². The third-order valence-corrected chi connectivity index (χ3v) is 4.97. The molecule has 0 radical (unpaired) electrons. The van der Waals surface area contributed by atoms with Crippen LogP contribution >= 0.6 is 0 Å². The van der Waals surface area contributed by atoms with E-state index in [2.05, 4.69) is 0 Å². The van der Waals surface area contributed by atoms with E-state index >= 15 is 0 Å². The van der Waals surface area contributed by atoms with Crippen LogP contribution in [0.1, 0.15) is 10.4 Å². The summed E-state index contributed by atoms with van der Waals surface area (Å²) in [6.45, 7) is -0.162. The maximum absolute atomic E-state index is 13.3. The lowest BCUT2D eigenvalue weighted by Crippen LogP contribution is -2.46. The molecular weight excluding hydrogens is 305 g/mol. The van der Waals surface area contributed by atoms with Gasteiger partial charge in [-0.05, 0) is 18.2 Å². The van der Waals surface area contributed by atoms with E-state index in [1.54, 1.807) is 0 Å². The number of hydrogen-bond donors (Lipinski definition) is 2. The van der Waals surface area contributed by atoms with Gasteiger partial charge in [0.05, 0.1) is 29.8 Å². The van der Waals surface area contributed by atoms with Crippen LogP contribution in [0.2, 0.25) is 0 Å². The predicted octanol–water partition coefficient (Wildman–Crippen LogP) is -0.0943. The minimum atomic E-state index is -3.97. The number of ether oxygens (including phenoxy) is 1. The third kappa shape index (κ3) is 3.21. The van der Waals surface area contributed by atoms with Crippen LogP contribution in [0.15, 0.2) is 23.1 Å². The van der Waals surface area contributed by atoms with Gasteiger partial charge >= 0.3 is 5.97 Å². The van der Waals surface area contributed by atoms with Crippen molar-refractivity contribution in [2.24, 2.45) is 0 Å². The number of aliphatic hydroxyl groups excluding tert-OH is 1. The van der Waals surface area contributed by atoms with Crippen molar-refractivity contribution < 1.29 is 32.6 Å². The molecule has 0 saturated carbocycles. The SMILES string of the molecule is O=C(O)c1cc(S(=O)(=O)N2CCOC(CO)C2)ccc1F. The number of carboxylic acid groups (broad SMARTS) is 1. The quantitative estimate of drug-likeness (QED) is 0.803. The number of morpholine rings is 1. The first-order valence-electron chi connectivity index (χ1n) is 6.11. The topological polar surface area (TPSA) is 104 Å². The number of aromatic carboxylic acids is 1. The van der Waals surface area contributed by atoms with Crippen molar-refractivity contribution in [2.75, 3.05) is 26.3 Å². The summed E-state index contributed by atoms with van der Waals surface area (Å²) >= 11 is 0. The Hall–Kier alpha value is -1.55. The predicted molar refractivity (Wildman–Crippen MR) is 68.9 cm³/mol. The second-order valence-corrected chi connectivity index (χ2v) is 6.42. The Bertz CT molecular complexity index is 647. The molecule has 1 atom stereocenters. The molecule has 2 rings (SSSR count). The molecule has 0 bridgehead atoms. The van der Waals surface area contributed by atoms with Gasteiger partial charge in [-0.15, -0.1) is 0 Å². The van der Waals surface area contributed by atoms with Crippen LogP contribution in [0.5, 0.6) is 0 Å². The van der Waals surface area contributed by atoms with Crippen LogP contribution in [0, 0.1) is 5.82 Å². The average molecular weight is 319 g/mol. The summed E-state index contributed by atoms with van der Waals surface area (Å²) in [5.74, 6) is -2.54. The number of rotatable bonds is 4. The highest BCUT2D eigenvalue weighted by atomic mass is 32.2. The Morgan fingerprint density at radius 2 is 2.19 bits per heavy atom. The fourth-order valence-corrected chi connectivity index (χ4v) is 3.48.